The Morgan fingerprint density at radius 3 is 2.17 bits per heavy atom. The van der Waals surface area contributed by atoms with E-state index >= 15 is 0 Å². The van der Waals surface area contributed by atoms with Gasteiger partial charge in [-0.1, -0.05) is 17.3 Å². The Hall–Kier alpha value is -2.79. The lowest BCUT2D eigenvalue weighted by atomic mass is 9.96. The molecule has 0 amide bonds. The Bertz CT molecular complexity index is 1210. The second-order valence-electron chi connectivity index (χ2n) is 6.56. The predicted molar refractivity (Wildman–Crippen MR) is 96.1 cm³/mol. The monoisotopic (exact) mass is 447 g/mol. The molecule has 0 atom stereocenters. The molecule has 1 N–H and O–H groups in total. The number of halogens is 5. The van der Waals surface area contributed by atoms with E-state index in [0.717, 1.165) is 6.07 Å². The summed E-state index contributed by atoms with van der Waals surface area (Å²) < 4.78 is 96.6. The number of hydrogen-bond donors (Lipinski definition) is 1. The van der Waals surface area contributed by atoms with Crippen LogP contribution in [-0.2, 0) is 22.6 Å². The van der Waals surface area contributed by atoms with Gasteiger partial charge in [0.2, 0.25) is 0 Å². The van der Waals surface area contributed by atoms with Gasteiger partial charge in [-0.25, -0.2) is 17.2 Å². The largest absolute Gasteiger partial charge is 0.416 e. The van der Waals surface area contributed by atoms with Crippen molar-refractivity contribution in [2.24, 2.45) is 0 Å². The summed E-state index contributed by atoms with van der Waals surface area (Å²) in [4.78, 5) is -1.15. The van der Waals surface area contributed by atoms with Crippen molar-refractivity contribution in [3.05, 3.63) is 58.9 Å². The molecule has 0 unspecified atom stereocenters. The van der Waals surface area contributed by atoms with Crippen LogP contribution in [0, 0.1) is 18.6 Å². The minimum atomic E-state index is -4.65. The molecule has 30 heavy (non-hydrogen) atoms. The molecule has 1 aromatic heterocycles. The van der Waals surface area contributed by atoms with E-state index in [9.17, 15) is 35.5 Å². The molecule has 0 radical (unpaired) electrons. The van der Waals surface area contributed by atoms with Crippen LogP contribution in [0.25, 0.3) is 22.4 Å². The second kappa shape index (κ2) is 7.47. The van der Waals surface area contributed by atoms with Gasteiger partial charge in [-0.2, -0.15) is 13.2 Å². The smallest absolute Gasteiger partial charge is 0.388 e. The van der Waals surface area contributed by atoms with Crippen molar-refractivity contribution in [3.8, 4) is 22.4 Å². The van der Waals surface area contributed by atoms with Gasteiger partial charge in [0, 0.05) is 11.8 Å². The fourth-order valence-electron chi connectivity index (χ4n) is 3.06. The summed E-state index contributed by atoms with van der Waals surface area (Å²) in [6, 6.07) is 4.68. The van der Waals surface area contributed by atoms with E-state index in [1.54, 1.807) is 0 Å². The topological polar surface area (TPSA) is 80.4 Å². The van der Waals surface area contributed by atoms with E-state index in [1.807, 2.05) is 0 Å². The van der Waals surface area contributed by atoms with E-state index in [0.29, 0.717) is 18.4 Å². The molecule has 0 aliphatic rings. The number of benzene rings is 2. The Morgan fingerprint density at radius 2 is 1.67 bits per heavy atom. The quantitative estimate of drug-likeness (QED) is 0.596. The third kappa shape index (κ3) is 3.94. The Morgan fingerprint density at radius 1 is 1.07 bits per heavy atom. The molecule has 0 bridgehead atoms. The maximum Gasteiger partial charge on any atom is 0.416 e. The van der Waals surface area contributed by atoms with Gasteiger partial charge in [0.25, 0.3) is 0 Å². The van der Waals surface area contributed by atoms with Gasteiger partial charge in [-0.05, 0) is 36.2 Å². The van der Waals surface area contributed by atoms with E-state index in [4.69, 9.17) is 4.52 Å². The van der Waals surface area contributed by atoms with Gasteiger partial charge < -0.3 is 9.63 Å². The maximum atomic E-state index is 14.4. The molecule has 0 saturated heterocycles. The Kier molecular flexibility index (Phi) is 5.46. The molecule has 0 fully saturated rings. The fourth-order valence-corrected chi connectivity index (χ4v) is 3.89. The molecule has 1 heterocycles. The fraction of sp³-hybridized carbons (Fsp3) is 0.211. The summed E-state index contributed by atoms with van der Waals surface area (Å²) in [6.45, 7) is 0.502. The van der Waals surface area contributed by atoms with Crippen LogP contribution in [0.3, 0.4) is 0 Å². The summed E-state index contributed by atoms with van der Waals surface area (Å²) in [7, 11) is -4.22. The molecule has 0 spiro atoms. The zero-order chi connectivity index (χ0) is 22.4. The van der Waals surface area contributed by atoms with Crippen molar-refractivity contribution in [1.29, 1.82) is 0 Å². The van der Waals surface area contributed by atoms with Crippen LogP contribution in [0.2, 0.25) is 0 Å². The first-order valence-electron chi connectivity index (χ1n) is 8.31. The number of aliphatic hydroxyl groups excluding tert-OH is 1. The summed E-state index contributed by atoms with van der Waals surface area (Å²) >= 11 is 0. The lowest BCUT2D eigenvalue weighted by Gasteiger charge is -2.12. The maximum absolute atomic E-state index is 14.4. The van der Waals surface area contributed by atoms with Crippen molar-refractivity contribution >= 4 is 9.84 Å². The zero-order valence-corrected chi connectivity index (χ0v) is 16.3. The van der Waals surface area contributed by atoms with Crippen molar-refractivity contribution < 1.29 is 40.0 Å². The molecule has 2 aromatic carbocycles. The SMILES string of the molecule is Cc1ccc(-c2noc(CO)c2-c2cc(F)c(S(C)(=O)=O)c(F)c2)cc1C(F)(F)F. The van der Waals surface area contributed by atoms with Gasteiger partial charge in [0.15, 0.2) is 15.6 Å². The first-order valence-corrected chi connectivity index (χ1v) is 10.2. The van der Waals surface area contributed by atoms with Gasteiger partial charge in [-0.3, -0.25) is 0 Å². The molecule has 3 rings (SSSR count). The highest BCUT2D eigenvalue weighted by Crippen LogP contribution is 2.39. The highest BCUT2D eigenvalue weighted by molar-refractivity contribution is 7.90. The van der Waals surface area contributed by atoms with E-state index in [-0.39, 0.29) is 33.7 Å². The molecular formula is C19H14F5NO4S. The summed E-state index contributed by atoms with van der Waals surface area (Å²) in [6.07, 6.45) is -4.03. The molecule has 160 valence electrons. The molecule has 11 heteroatoms. The summed E-state index contributed by atoms with van der Waals surface area (Å²) in [5.74, 6) is -3.06. The highest BCUT2D eigenvalue weighted by Gasteiger charge is 2.33. The van der Waals surface area contributed by atoms with Crippen LogP contribution in [0.5, 0.6) is 0 Å². The molecule has 0 saturated carbocycles. The predicted octanol–water partition coefficient (Wildman–Crippen LogP) is 4.51. The van der Waals surface area contributed by atoms with Crippen LogP contribution in [0.15, 0.2) is 39.8 Å². The number of nitrogens with zero attached hydrogens (tertiary/aromatic N) is 1. The van der Waals surface area contributed by atoms with Crippen LogP contribution in [0.1, 0.15) is 16.9 Å². The van der Waals surface area contributed by atoms with Gasteiger partial charge in [-0.15, -0.1) is 0 Å². The van der Waals surface area contributed by atoms with Gasteiger partial charge >= 0.3 is 6.18 Å². The van der Waals surface area contributed by atoms with Crippen molar-refractivity contribution in [3.63, 3.8) is 0 Å². The third-order valence-corrected chi connectivity index (χ3v) is 5.51. The first-order chi connectivity index (χ1) is 13.8. The molecule has 0 aliphatic heterocycles. The molecule has 0 aliphatic carbocycles. The Labute approximate surface area is 167 Å². The third-order valence-electron chi connectivity index (χ3n) is 4.38. The number of hydrogen-bond acceptors (Lipinski definition) is 5. The molecular weight excluding hydrogens is 433 g/mol. The average Bonchev–Trinajstić information content (AvgIpc) is 3.03. The molecule has 5 nitrogen and oxygen atoms in total. The van der Waals surface area contributed by atoms with Crippen LogP contribution in [-0.4, -0.2) is 24.9 Å². The first kappa shape index (κ1) is 21.9. The highest BCUT2D eigenvalue weighted by atomic mass is 32.2. The summed E-state index contributed by atoms with van der Waals surface area (Å²) in [5.41, 5.74) is -1.67. The van der Waals surface area contributed by atoms with Gasteiger partial charge in [0.1, 0.15) is 28.8 Å². The molecule has 3 aromatic rings. The Balaban J connectivity index is 2.27. The van der Waals surface area contributed by atoms with Crippen LogP contribution < -0.4 is 0 Å². The number of sulfone groups is 1. The number of aryl methyl sites for hydroxylation is 1. The summed E-state index contributed by atoms with van der Waals surface area (Å²) in [5, 5.41) is 13.1. The van der Waals surface area contributed by atoms with E-state index in [1.165, 1.54) is 19.1 Å². The van der Waals surface area contributed by atoms with Crippen molar-refractivity contribution in [1.82, 2.24) is 5.16 Å². The zero-order valence-electron chi connectivity index (χ0n) is 15.5. The van der Waals surface area contributed by atoms with E-state index in [2.05, 4.69) is 5.16 Å². The normalized spacial score (nSPS) is 12.4. The minimum Gasteiger partial charge on any atom is -0.388 e. The number of aliphatic hydroxyl groups is 1. The number of alkyl halides is 3. The van der Waals surface area contributed by atoms with Crippen molar-refractivity contribution in [2.45, 2.75) is 24.6 Å². The average molecular weight is 447 g/mol. The van der Waals surface area contributed by atoms with E-state index < -0.39 is 44.7 Å². The lowest BCUT2D eigenvalue weighted by molar-refractivity contribution is -0.138. The number of rotatable bonds is 4. The standard InChI is InChI=1S/C19H14F5NO4S/c1-9-3-4-10(5-12(9)19(22,23)24)17-16(15(8-26)29-25-17)11-6-13(20)18(14(21)7-11)30(2,27)28/h3-7,26H,8H2,1-2H3. The van der Waals surface area contributed by atoms with Gasteiger partial charge in [0.05, 0.1) is 11.1 Å². The van der Waals surface area contributed by atoms with Crippen LogP contribution in [0.4, 0.5) is 22.0 Å². The minimum absolute atomic E-state index is 0.0479. The second-order valence-corrected chi connectivity index (χ2v) is 8.51. The van der Waals surface area contributed by atoms with Crippen molar-refractivity contribution in [2.75, 3.05) is 6.26 Å². The van der Waals surface area contributed by atoms with Crippen LogP contribution >= 0.6 is 0 Å². The number of aromatic nitrogens is 1. The lowest BCUT2D eigenvalue weighted by Crippen LogP contribution is -2.07.